The molecule has 5 heteroatoms. The van der Waals surface area contributed by atoms with Crippen molar-refractivity contribution in [1.82, 2.24) is 0 Å². The third-order valence-electron chi connectivity index (χ3n) is 4.13. The highest BCUT2D eigenvalue weighted by Crippen LogP contribution is 2.46. The van der Waals surface area contributed by atoms with Crippen LogP contribution in [0.4, 0.5) is 5.69 Å². The molecule has 1 saturated carbocycles. The van der Waals surface area contributed by atoms with Crippen LogP contribution in [0.3, 0.4) is 0 Å². The van der Waals surface area contributed by atoms with E-state index in [9.17, 15) is 13.2 Å². The summed E-state index contributed by atoms with van der Waals surface area (Å²) >= 11 is 0. The lowest BCUT2D eigenvalue weighted by Crippen LogP contribution is -2.42. The Kier molecular flexibility index (Phi) is 4.42. The van der Waals surface area contributed by atoms with E-state index in [4.69, 9.17) is 0 Å². The molecule has 1 aromatic rings. The molecule has 0 aliphatic heterocycles. The third kappa shape index (κ3) is 3.64. The Morgan fingerprint density at radius 2 is 1.81 bits per heavy atom. The zero-order valence-corrected chi connectivity index (χ0v) is 13.7. The largest absolute Gasteiger partial charge is 0.326 e. The van der Waals surface area contributed by atoms with Gasteiger partial charge in [0, 0.05) is 17.4 Å². The summed E-state index contributed by atoms with van der Waals surface area (Å²) < 4.78 is 22.8. The van der Waals surface area contributed by atoms with Crippen molar-refractivity contribution in [2.45, 2.75) is 44.4 Å². The van der Waals surface area contributed by atoms with E-state index in [0.29, 0.717) is 11.6 Å². The SMILES string of the molecule is CC(C)CC1(C(=O)Nc2ccc(S(C)(=O)=O)cc2)CCC1. The van der Waals surface area contributed by atoms with Crippen LogP contribution in [0.5, 0.6) is 0 Å². The van der Waals surface area contributed by atoms with Gasteiger partial charge in [0.15, 0.2) is 9.84 Å². The average molecular weight is 309 g/mol. The van der Waals surface area contributed by atoms with Gasteiger partial charge in [-0.3, -0.25) is 4.79 Å². The minimum atomic E-state index is -3.20. The van der Waals surface area contributed by atoms with Crippen molar-refractivity contribution in [1.29, 1.82) is 0 Å². The van der Waals surface area contributed by atoms with Gasteiger partial charge in [0.05, 0.1) is 4.90 Å². The molecule has 0 radical (unpaired) electrons. The molecule has 4 nitrogen and oxygen atoms in total. The molecule has 1 aliphatic rings. The topological polar surface area (TPSA) is 63.2 Å². The minimum Gasteiger partial charge on any atom is -0.326 e. The summed E-state index contributed by atoms with van der Waals surface area (Å²) in [6.07, 6.45) is 5.07. The Balaban J connectivity index is 2.09. The molecule has 116 valence electrons. The van der Waals surface area contributed by atoms with Gasteiger partial charge in [0.25, 0.3) is 0 Å². The molecule has 0 bridgehead atoms. The summed E-state index contributed by atoms with van der Waals surface area (Å²) in [5.41, 5.74) is 0.423. The first-order valence-electron chi connectivity index (χ1n) is 7.34. The lowest BCUT2D eigenvalue weighted by atomic mass is 9.64. The molecule has 1 amide bonds. The standard InChI is InChI=1S/C16H23NO3S/c1-12(2)11-16(9-4-10-16)15(18)17-13-5-7-14(8-6-13)21(3,19)20/h5-8,12H,4,9-11H2,1-3H3,(H,17,18). The number of amides is 1. The number of sulfone groups is 1. The molecule has 0 aromatic heterocycles. The molecule has 0 atom stereocenters. The van der Waals surface area contributed by atoms with Crippen LogP contribution in [0.1, 0.15) is 39.5 Å². The van der Waals surface area contributed by atoms with Crippen LogP contribution in [-0.4, -0.2) is 20.6 Å². The molecule has 1 aliphatic carbocycles. The van der Waals surface area contributed by atoms with Crippen molar-refractivity contribution < 1.29 is 13.2 Å². The normalized spacial score (nSPS) is 17.3. The monoisotopic (exact) mass is 309 g/mol. The van der Waals surface area contributed by atoms with E-state index in [1.54, 1.807) is 12.1 Å². The van der Waals surface area contributed by atoms with Gasteiger partial charge in [-0.05, 0) is 49.4 Å². The lowest BCUT2D eigenvalue weighted by molar-refractivity contribution is -0.131. The molecule has 21 heavy (non-hydrogen) atoms. The summed E-state index contributed by atoms with van der Waals surface area (Å²) in [4.78, 5) is 12.8. The maximum atomic E-state index is 12.5. The maximum absolute atomic E-state index is 12.5. The summed E-state index contributed by atoms with van der Waals surface area (Å²) in [5, 5.41) is 2.93. The van der Waals surface area contributed by atoms with Gasteiger partial charge in [-0.2, -0.15) is 0 Å². The number of carbonyl (C=O) groups excluding carboxylic acids is 1. The molecule has 0 saturated heterocycles. The van der Waals surface area contributed by atoms with Crippen molar-refractivity contribution in [3.63, 3.8) is 0 Å². The molecular formula is C16H23NO3S. The highest BCUT2D eigenvalue weighted by Gasteiger charge is 2.44. The second-order valence-corrected chi connectivity index (χ2v) is 8.50. The van der Waals surface area contributed by atoms with Gasteiger partial charge < -0.3 is 5.32 Å². The van der Waals surface area contributed by atoms with Crippen LogP contribution in [-0.2, 0) is 14.6 Å². The van der Waals surface area contributed by atoms with Crippen molar-refractivity contribution in [2.24, 2.45) is 11.3 Å². The molecular weight excluding hydrogens is 286 g/mol. The lowest BCUT2D eigenvalue weighted by Gasteiger charge is -2.41. The van der Waals surface area contributed by atoms with Crippen LogP contribution in [0.2, 0.25) is 0 Å². The Labute approximate surface area is 126 Å². The van der Waals surface area contributed by atoms with Crippen molar-refractivity contribution in [3.05, 3.63) is 24.3 Å². The predicted octanol–water partition coefficient (Wildman–Crippen LogP) is 3.25. The maximum Gasteiger partial charge on any atom is 0.230 e. The van der Waals surface area contributed by atoms with E-state index in [1.165, 1.54) is 18.4 Å². The Hall–Kier alpha value is -1.36. The number of hydrogen-bond donors (Lipinski definition) is 1. The summed E-state index contributed by atoms with van der Waals surface area (Å²) in [6.45, 7) is 4.27. The quantitative estimate of drug-likeness (QED) is 0.908. The Morgan fingerprint density at radius 3 is 2.19 bits per heavy atom. The van der Waals surface area contributed by atoms with E-state index >= 15 is 0 Å². The van der Waals surface area contributed by atoms with Crippen LogP contribution >= 0.6 is 0 Å². The third-order valence-corrected chi connectivity index (χ3v) is 5.26. The van der Waals surface area contributed by atoms with Crippen LogP contribution < -0.4 is 5.32 Å². The molecule has 2 rings (SSSR count). The van der Waals surface area contributed by atoms with Gasteiger partial charge in [0.1, 0.15) is 0 Å². The number of hydrogen-bond acceptors (Lipinski definition) is 3. The van der Waals surface area contributed by atoms with E-state index < -0.39 is 9.84 Å². The predicted molar refractivity (Wildman–Crippen MR) is 83.9 cm³/mol. The highest BCUT2D eigenvalue weighted by molar-refractivity contribution is 7.90. The molecule has 1 N–H and O–H groups in total. The average Bonchev–Trinajstić information content (AvgIpc) is 2.33. The summed E-state index contributed by atoms with van der Waals surface area (Å²) in [7, 11) is -3.20. The molecule has 0 unspecified atom stereocenters. The number of nitrogens with one attached hydrogen (secondary N) is 1. The zero-order chi connectivity index (χ0) is 15.7. The number of anilines is 1. The van der Waals surface area contributed by atoms with Crippen molar-refractivity contribution >= 4 is 21.4 Å². The number of rotatable bonds is 5. The zero-order valence-electron chi connectivity index (χ0n) is 12.8. The van der Waals surface area contributed by atoms with Gasteiger partial charge in [-0.25, -0.2) is 8.42 Å². The number of carbonyl (C=O) groups is 1. The van der Waals surface area contributed by atoms with Crippen molar-refractivity contribution in [2.75, 3.05) is 11.6 Å². The van der Waals surface area contributed by atoms with E-state index in [0.717, 1.165) is 25.7 Å². The second kappa shape index (κ2) is 5.79. The smallest absolute Gasteiger partial charge is 0.230 e. The molecule has 0 heterocycles. The van der Waals surface area contributed by atoms with Crippen LogP contribution in [0, 0.1) is 11.3 Å². The highest BCUT2D eigenvalue weighted by atomic mass is 32.2. The van der Waals surface area contributed by atoms with Crippen LogP contribution in [0.15, 0.2) is 29.2 Å². The Bertz CT molecular complexity index is 613. The molecule has 1 aromatic carbocycles. The first kappa shape index (κ1) is 16.0. The van der Waals surface area contributed by atoms with Gasteiger partial charge in [-0.1, -0.05) is 20.3 Å². The van der Waals surface area contributed by atoms with Gasteiger partial charge in [-0.15, -0.1) is 0 Å². The fraction of sp³-hybridized carbons (Fsp3) is 0.562. The summed E-state index contributed by atoms with van der Waals surface area (Å²) in [6, 6.07) is 6.35. The first-order chi connectivity index (χ1) is 9.73. The van der Waals surface area contributed by atoms with E-state index in [2.05, 4.69) is 19.2 Å². The van der Waals surface area contributed by atoms with Crippen LogP contribution in [0.25, 0.3) is 0 Å². The molecule has 0 spiro atoms. The first-order valence-corrected chi connectivity index (χ1v) is 9.24. The van der Waals surface area contributed by atoms with E-state index in [-0.39, 0.29) is 16.2 Å². The fourth-order valence-corrected chi connectivity index (χ4v) is 3.59. The second-order valence-electron chi connectivity index (χ2n) is 6.48. The Morgan fingerprint density at radius 1 is 1.24 bits per heavy atom. The summed E-state index contributed by atoms with van der Waals surface area (Å²) in [5.74, 6) is 0.554. The minimum absolute atomic E-state index is 0.0644. The van der Waals surface area contributed by atoms with Gasteiger partial charge >= 0.3 is 0 Å². The molecule has 1 fully saturated rings. The number of benzene rings is 1. The van der Waals surface area contributed by atoms with Crippen molar-refractivity contribution in [3.8, 4) is 0 Å². The fourth-order valence-electron chi connectivity index (χ4n) is 2.96. The van der Waals surface area contributed by atoms with Gasteiger partial charge in [0.2, 0.25) is 5.91 Å². The van der Waals surface area contributed by atoms with E-state index in [1.807, 2.05) is 0 Å².